The number of anilines is 1. The van der Waals surface area contributed by atoms with E-state index in [0.29, 0.717) is 93.6 Å². The highest BCUT2D eigenvalue weighted by molar-refractivity contribution is 5.95. The Morgan fingerprint density at radius 1 is 0.977 bits per heavy atom. The van der Waals surface area contributed by atoms with E-state index < -0.39 is 17.9 Å². The summed E-state index contributed by atoms with van der Waals surface area (Å²) >= 11 is 0. The number of aromatic nitrogens is 2. The molecule has 5 heterocycles. The summed E-state index contributed by atoms with van der Waals surface area (Å²) in [5.74, 6) is 1.07. The number of alkyl halides is 4. The van der Waals surface area contributed by atoms with E-state index in [0.717, 1.165) is 24.5 Å². The number of hydrogen-bond acceptors (Lipinski definition) is 7. The number of fused-ring (bicyclic) bond motifs is 1. The van der Waals surface area contributed by atoms with Crippen molar-refractivity contribution in [2.24, 2.45) is 0 Å². The Hall–Kier alpha value is -2.83. The van der Waals surface area contributed by atoms with Crippen molar-refractivity contribution in [2.45, 2.75) is 82.3 Å². The maximum atomic E-state index is 14.3. The fourth-order valence-electron chi connectivity index (χ4n) is 6.68. The average molecular weight is 606 g/mol. The van der Waals surface area contributed by atoms with Gasteiger partial charge in [0.1, 0.15) is 23.5 Å². The summed E-state index contributed by atoms with van der Waals surface area (Å²) < 4.78 is 65.4. The molecule has 4 aliphatic rings. The first-order valence-corrected chi connectivity index (χ1v) is 15.3. The highest BCUT2D eigenvalue weighted by atomic mass is 19.4. The molecular formula is C31H39F4N5O3. The van der Waals surface area contributed by atoms with Crippen LogP contribution >= 0.6 is 0 Å². The Kier molecular flexibility index (Phi) is 8.89. The van der Waals surface area contributed by atoms with Crippen LogP contribution in [0, 0.1) is 6.92 Å². The Bertz CT molecular complexity index is 1310. The SMILES string of the molecule is Cc1c(C(=O)N2CCC(N[C@H]3CCOC[C@H]3F)CC2)nc(C2CCOCC2)nc1N1CCc2ccc(C(F)(F)F)cc2C1. The predicted molar refractivity (Wildman–Crippen MR) is 152 cm³/mol. The molecule has 2 aromatic rings. The van der Waals surface area contributed by atoms with Crippen LogP contribution in [0.3, 0.4) is 0 Å². The van der Waals surface area contributed by atoms with Crippen molar-refractivity contribution in [3.8, 4) is 0 Å². The van der Waals surface area contributed by atoms with Gasteiger partial charge in [0, 0.05) is 69.6 Å². The van der Waals surface area contributed by atoms with Gasteiger partial charge in [0.05, 0.1) is 12.2 Å². The van der Waals surface area contributed by atoms with E-state index in [9.17, 15) is 22.4 Å². The fraction of sp³-hybridized carbons (Fsp3) is 0.645. The van der Waals surface area contributed by atoms with Gasteiger partial charge in [0.15, 0.2) is 0 Å². The van der Waals surface area contributed by atoms with Crippen molar-refractivity contribution in [1.29, 1.82) is 0 Å². The molecule has 3 saturated heterocycles. The molecule has 4 aliphatic heterocycles. The highest BCUT2D eigenvalue weighted by Gasteiger charge is 2.34. The van der Waals surface area contributed by atoms with Gasteiger partial charge in [-0.3, -0.25) is 4.79 Å². The van der Waals surface area contributed by atoms with Crippen LogP contribution in [0.4, 0.5) is 23.4 Å². The molecule has 0 aliphatic carbocycles. The van der Waals surface area contributed by atoms with Crippen molar-refractivity contribution >= 4 is 11.7 Å². The lowest BCUT2D eigenvalue weighted by Gasteiger charge is -2.37. The average Bonchev–Trinajstić information content (AvgIpc) is 3.02. The van der Waals surface area contributed by atoms with Crippen LogP contribution in [-0.4, -0.2) is 85.1 Å². The normalized spacial score (nSPS) is 24.2. The van der Waals surface area contributed by atoms with Gasteiger partial charge in [-0.05, 0) is 68.7 Å². The molecule has 1 aromatic heterocycles. The Labute approximate surface area is 249 Å². The minimum Gasteiger partial charge on any atom is -0.381 e. The van der Waals surface area contributed by atoms with E-state index >= 15 is 0 Å². The van der Waals surface area contributed by atoms with Crippen molar-refractivity contribution in [1.82, 2.24) is 20.2 Å². The molecule has 0 spiro atoms. The molecule has 43 heavy (non-hydrogen) atoms. The molecule has 0 radical (unpaired) electrons. The summed E-state index contributed by atoms with van der Waals surface area (Å²) in [6.45, 7) is 5.58. The van der Waals surface area contributed by atoms with Crippen molar-refractivity contribution < 1.29 is 31.8 Å². The smallest absolute Gasteiger partial charge is 0.381 e. The Morgan fingerprint density at radius 3 is 2.44 bits per heavy atom. The van der Waals surface area contributed by atoms with Gasteiger partial charge in [0.25, 0.3) is 5.91 Å². The summed E-state index contributed by atoms with van der Waals surface area (Å²) in [5.41, 5.74) is 1.84. The number of carbonyl (C=O) groups excluding carboxylic acids is 1. The number of nitrogens with one attached hydrogen (secondary N) is 1. The maximum absolute atomic E-state index is 14.3. The third-order valence-corrected chi connectivity index (χ3v) is 9.29. The predicted octanol–water partition coefficient (Wildman–Crippen LogP) is 4.58. The summed E-state index contributed by atoms with van der Waals surface area (Å²) in [7, 11) is 0. The third-order valence-electron chi connectivity index (χ3n) is 9.29. The largest absolute Gasteiger partial charge is 0.416 e. The number of piperidine rings is 1. The fourth-order valence-corrected chi connectivity index (χ4v) is 6.68. The van der Waals surface area contributed by atoms with Gasteiger partial charge >= 0.3 is 6.18 Å². The van der Waals surface area contributed by atoms with Gasteiger partial charge in [-0.2, -0.15) is 13.2 Å². The molecule has 0 saturated carbocycles. The topological polar surface area (TPSA) is 79.8 Å². The molecule has 12 heteroatoms. The van der Waals surface area contributed by atoms with Crippen LogP contribution < -0.4 is 10.2 Å². The summed E-state index contributed by atoms with van der Waals surface area (Å²) in [5, 5.41) is 3.44. The van der Waals surface area contributed by atoms with Crippen LogP contribution in [-0.2, 0) is 28.6 Å². The molecule has 234 valence electrons. The molecule has 6 rings (SSSR count). The van der Waals surface area contributed by atoms with Crippen LogP contribution in [0.25, 0.3) is 0 Å². The number of carbonyl (C=O) groups is 1. The van der Waals surface area contributed by atoms with Gasteiger partial charge in [-0.25, -0.2) is 14.4 Å². The van der Waals surface area contributed by atoms with E-state index in [-0.39, 0.29) is 37.1 Å². The zero-order valence-electron chi connectivity index (χ0n) is 24.5. The minimum atomic E-state index is -4.42. The number of ether oxygens (including phenoxy) is 2. The van der Waals surface area contributed by atoms with Gasteiger partial charge in [-0.15, -0.1) is 0 Å². The number of hydrogen-bond donors (Lipinski definition) is 1. The number of nitrogens with zero attached hydrogens (tertiary/aromatic N) is 4. The molecule has 0 bridgehead atoms. The molecule has 1 aromatic carbocycles. The molecule has 1 amide bonds. The van der Waals surface area contributed by atoms with Gasteiger partial charge < -0.3 is 24.6 Å². The molecule has 0 unspecified atom stereocenters. The minimum absolute atomic E-state index is 0.0385. The van der Waals surface area contributed by atoms with E-state index in [4.69, 9.17) is 19.4 Å². The molecule has 8 nitrogen and oxygen atoms in total. The summed E-state index contributed by atoms with van der Waals surface area (Å²) in [6.07, 6.45) is -1.31. The zero-order valence-corrected chi connectivity index (χ0v) is 24.5. The molecule has 2 atom stereocenters. The first-order chi connectivity index (χ1) is 20.7. The Balaban J connectivity index is 1.23. The van der Waals surface area contributed by atoms with E-state index in [1.165, 1.54) is 6.07 Å². The van der Waals surface area contributed by atoms with Crippen LogP contribution in [0.15, 0.2) is 18.2 Å². The first kappa shape index (κ1) is 30.2. The number of halogens is 4. The van der Waals surface area contributed by atoms with Crippen LogP contribution in [0.1, 0.15) is 76.6 Å². The quantitative estimate of drug-likeness (QED) is 0.500. The standard InChI is InChI=1S/C31H39F4N5O3/c1-19-27(30(41)39-11-5-24(6-12-39)36-26-9-15-43-18-25(26)32)37-28(21-7-13-42-14-8-21)38-29(19)40-10-4-20-2-3-23(31(33,34)35)16-22(20)17-40/h2-3,16,21,24-26,36H,4-15,17-18H2,1H3/t25-,26+/m1/s1. The van der Waals surface area contributed by atoms with E-state index in [2.05, 4.69) is 5.32 Å². The van der Waals surface area contributed by atoms with E-state index in [1.807, 2.05) is 16.7 Å². The van der Waals surface area contributed by atoms with Crippen LogP contribution in [0.2, 0.25) is 0 Å². The number of likely N-dealkylation sites (tertiary alicyclic amines) is 1. The zero-order chi connectivity index (χ0) is 30.1. The third kappa shape index (κ3) is 6.66. The lowest BCUT2D eigenvalue weighted by molar-refractivity contribution is -0.137. The van der Waals surface area contributed by atoms with Crippen molar-refractivity contribution in [3.05, 3.63) is 52.0 Å². The Morgan fingerprint density at radius 2 is 1.72 bits per heavy atom. The first-order valence-electron chi connectivity index (χ1n) is 15.3. The van der Waals surface area contributed by atoms with Gasteiger partial charge in [0.2, 0.25) is 0 Å². The van der Waals surface area contributed by atoms with Crippen molar-refractivity contribution in [3.63, 3.8) is 0 Å². The van der Waals surface area contributed by atoms with Crippen LogP contribution in [0.5, 0.6) is 0 Å². The van der Waals surface area contributed by atoms with Gasteiger partial charge in [-0.1, -0.05) is 6.07 Å². The number of amides is 1. The monoisotopic (exact) mass is 605 g/mol. The highest BCUT2D eigenvalue weighted by Crippen LogP contribution is 2.35. The number of rotatable bonds is 5. The second-order valence-electron chi connectivity index (χ2n) is 12.1. The summed E-state index contributed by atoms with van der Waals surface area (Å²) in [6, 6.07) is 3.84. The molecular weight excluding hydrogens is 566 g/mol. The summed E-state index contributed by atoms with van der Waals surface area (Å²) in [4.78, 5) is 27.5. The lowest BCUT2D eigenvalue weighted by Crippen LogP contribution is -2.52. The molecule has 3 fully saturated rings. The number of benzene rings is 1. The second kappa shape index (κ2) is 12.6. The van der Waals surface area contributed by atoms with E-state index in [1.54, 1.807) is 6.07 Å². The lowest BCUT2D eigenvalue weighted by atomic mass is 9.96. The van der Waals surface area contributed by atoms with Crippen molar-refractivity contribution in [2.75, 3.05) is 51.0 Å². The second-order valence-corrected chi connectivity index (χ2v) is 12.1. The maximum Gasteiger partial charge on any atom is 0.416 e. The molecule has 1 N–H and O–H groups in total.